The molecular weight excluding hydrogens is 488 g/mol. The zero-order valence-corrected chi connectivity index (χ0v) is 22.0. The highest BCUT2D eigenvalue weighted by atomic mass is 16.5. The molecule has 0 unspecified atom stereocenters. The highest BCUT2D eigenvalue weighted by molar-refractivity contribution is 5.89. The van der Waals surface area contributed by atoms with E-state index < -0.39 is 0 Å². The number of oxazole rings is 1. The van der Waals surface area contributed by atoms with Crippen LogP contribution in [-0.2, 0) is 22.7 Å². The molecule has 0 fully saturated rings. The van der Waals surface area contributed by atoms with Crippen molar-refractivity contribution in [3.63, 3.8) is 0 Å². The summed E-state index contributed by atoms with van der Waals surface area (Å²) < 4.78 is 19.0. The summed E-state index contributed by atoms with van der Waals surface area (Å²) in [4.78, 5) is 16.5. The van der Waals surface area contributed by atoms with Crippen molar-refractivity contribution in [3.8, 4) is 28.3 Å². The van der Waals surface area contributed by atoms with Crippen molar-refractivity contribution in [2.24, 2.45) is 0 Å². The Labute approximate surface area is 228 Å². The van der Waals surface area contributed by atoms with Crippen LogP contribution in [0.5, 0.6) is 5.75 Å². The summed E-state index contributed by atoms with van der Waals surface area (Å²) in [5.74, 6) is 1.76. The second-order valence-corrected chi connectivity index (χ2v) is 9.07. The van der Waals surface area contributed by atoms with Crippen molar-refractivity contribution in [1.29, 1.82) is 0 Å². The molecular formula is C33H30N2O4. The fourth-order valence-electron chi connectivity index (χ4n) is 4.28. The fourth-order valence-corrected chi connectivity index (χ4v) is 4.28. The van der Waals surface area contributed by atoms with Gasteiger partial charge in [-0.2, -0.15) is 0 Å². The third-order valence-electron chi connectivity index (χ3n) is 6.26. The summed E-state index contributed by atoms with van der Waals surface area (Å²) in [7, 11) is 0. The zero-order valence-electron chi connectivity index (χ0n) is 22.0. The molecule has 2 heterocycles. The highest BCUT2D eigenvalue weighted by Crippen LogP contribution is 2.27. The second kappa shape index (κ2) is 12.1. The molecule has 0 saturated heterocycles. The average molecular weight is 519 g/mol. The van der Waals surface area contributed by atoms with Gasteiger partial charge >= 0.3 is 5.97 Å². The maximum atomic E-state index is 11.9. The molecule has 5 rings (SSSR count). The van der Waals surface area contributed by atoms with E-state index in [4.69, 9.17) is 13.9 Å². The first kappa shape index (κ1) is 25.8. The zero-order chi connectivity index (χ0) is 27.0. The summed E-state index contributed by atoms with van der Waals surface area (Å²) in [6.07, 6.45) is 7.42. The first-order valence-electron chi connectivity index (χ1n) is 12.9. The van der Waals surface area contributed by atoms with E-state index in [2.05, 4.69) is 40.0 Å². The normalized spacial score (nSPS) is 11.1. The molecule has 5 aromatic rings. The minimum Gasteiger partial charge on any atom is -0.487 e. The van der Waals surface area contributed by atoms with Crippen LogP contribution in [0.2, 0.25) is 0 Å². The van der Waals surface area contributed by atoms with Gasteiger partial charge in [0.05, 0.1) is 6.61 Å². The quantitative estimate of drug-likeness (QED) is 0.143. The number of hydrogen-bond donors (Lipinski definition) is 0. The van der Waals surface area contributed by atoms with Crippen LogP contribution < -0.4 is 4.74 Å². The van der Waals surface area contributed by atoms with Crippen molar-refractivity contribution in [1.82, 2.24) is 9.55 Å². The van der Waals surface area contributed by atoms with Crippen LogP contribution in [0.1, 0.15) is 29.5 Å². The largest absolute Gasteiger partial charge is 0.487 e. The number of carbonyl (C=O) groups excluding carboxylic acids is 1. The molecule has 0 aliphatic heterocycles. The van der Waals surface area contributed by atoms with Crippen molar-refractivity contribution in [2.45, 2.75) is 27.0 Å². The standard InChI is InChI=1S/C33H30N2O4/c1-3-37-32(36)19-16-28-21-35(22-30(28)26-10-6-4-7-11-26)20-25-14-17-29(18-15-25)38-23-31-24(2)39-33(34-31)27-12-8-5-9-13-27/h4-19,21-22H,3,20,23H2,1-2H3. The first-order chi connectivity index (χ1) is 19.1. The summed E-state index contributed by atoms with van der Waals surface area (Å²) >= 11 is 0. The highest BCUT2D eigenvalue weighted by Gasteiger charge is 2.12. The van der Waals surface area contributed by atoms with E-state index in [1.807, 2.05) is 79.9 Å². The molecule has 0 spiro atoms. The average Bonchev–Trinajstić information content (AvgIpc) is 3.55. The molecule has 0 radical (unpaired) electrons. The van der Waals surface area contributed by atoms with E-state index in [0.717, 1.165) is 45.0 Å². The van der Waals surface area contributed by atoms with Crippen molar-refractivity contribution in [2.75, 3.05) is 6.61 Å². The van der Waals surface area contributed by atoms with Crippen LogP contribution in [0, 0.1) is 6.92 Å². The Morgan fingerprint density at radius 1 is 0.923 bits per heavy atom. The predicted octanol–water partition coefficient (Wildman–Crippen LogP) is 7.32. The molecule has 0 bridgehead atoms. The number of rotatable bonds is 10. The number of benzene rings is 3. The molecule has 0 aliphatic rings. The lowest BCUT2D eigenvalue weighted by molar-refractivity contribution is -0.137. The number of aromatic nitrogens is 2. The number of aryl methyl sites for hydroxylation is 1. The summed E-state index contributed by atoms with van der Waals surface area (Å²) in [5, 5.41) is 0. The third kappa shape index (κ3) is 6.54. The second-order valence-electron chi connectivity index (χ2n) is 9.07. The Morgan fingerprint density at radius 2 is 1.62 bits per heavy atom. The van der Waals surface area contributed by atoms with Gasteiger partial charge in [-0.25, -0.2) is 9.78 Å². The predicted molar refractivity (Wildman–Crippen MR) is 152 cm³/mol. The lowest BCUT2D eigenvalue weighted by atomic mass is 10.0. The SMILES string of the molecule is CCOC(=O)C=Cc1cn(Cc2ccc(OCc3nc(-c4ccccc4)oc3C)cc2)cc1-c1ccccc1. The molecule has 39 heavy (non-hydrogen) atoms. The monoisotopic (exact) mass is 518 g/mol. The van der Waals surface area contributed by atoms with Gasteiger partial charge in [0.2, 0.25) is 5.89 Å². The maximum Gasteiger partial charge on any atom is 0.330 e. The van der Waals surface area contributed by atoms with E-state index in [0.29, 0.717) is 25.6 Å². The van der Waals surface area contributed by atoms with E-state index >= 15 is 0 Å². The van der Waals surface area contributed by atoms with Crippen LogP contribution in [-0.4, -0.2) is 22.1 Å². The van der Waals surface area contributed by atoms with Gasteiger partial charge in [-0.05, 0) is 55.3 Å². The third-order valence-corrected chi connectivity index (χ3v) is 6.26. The van der Waals surface area contributed by atoms with E-state index in [9.17, 15) is 4.79 Å². The maximum absolute atomic E-state index is 11.9. The number of esters is 1. The Kier molecular flexibility index (Phi) is 8.03. The Hall–Kier alpha value is -4.84. The molecule has 6 heteroatoms. The van der Waals surface area contributed by atoms with Gasteiger partial charge in [-0.15, -0.1) is 0 Å². The Balaban J connectivity index is 1.26. The van der Waals surface area contributed by atoms with E-state index in [-0.39, 0.29) is 5.97 Å². The van der Waals surface area contributed by atoms with Gasteiger partial charge in [-0.1, -0.05) is 60.7 Å². The van der Waals surface area contributed by atoms with Crippen LogP contribution in [0.25, 0.3) is 28.7 Å². The molecule has 3 aromatic carbocycles. The van der Waals surface area contributed by atoms with Crippen LogP contribution >= 0.6 is 0 Å². The number of hydrogen-bond acceptors (Lipinski definition) is 5. The molecule has 0 aliphatic carbocycles. The van der Waals surface area contributed by atoms with Crippen LogP contribution in [0.4, 0.5) is 0 Å². The Morgan fingerprint density at radius 3 is 2.31 bits per heavy atom. The molecule has 0 amide bonds. The van der Waals surface area contributed by atoms with Gasteiger partial charge in [0.15, 0.2) is 0 Å². The van der Waals surface area contributed by atoms with Crippen LogP contribution in [0.3, 0.4) is 0 Å². The minimum absolute atomic E-state index is 0.329. The topological polar surface area (TPSA) is 66.5 Å². The lowest BCUT2D eigenvalue weighted by Gasteiger charge is -2.07. The van der Waals surface area contributed by atoms with E-state index in [1.54, 1.807) is 6.92 Å². The van der Waals surface area contributed by atoms with Crippen molar-refractivity contribution < 1.29 is 18.7 Å². The Bertz CT molecular complexity index is 1550. The first-order valence-corrected chi connectivity index (χ1v) is 12.9. The van der Waals surface area contributed by atoms with Crippen LogP contribution in [0.15, 0.2) is 108 Å². The van der Waals surface area contributed by atoms with Gasteiger partial charge in [0.25, 0.3) is 0 Å². The number of nitrogens with zero attached hydrogens (tertiary/aromatic N) is 2. The van der Waals surface area contributed by atoms with Gasteiger partial charge < -0.3 is 18.5 Å². The van der Waals surface area contributed by atoms with Crippen molar-refractivity contribution in [3.05, 3.63) is 126 Å². The smallest absolute Gasteiger partial charge is 0.330 e. The van der Waals surface area contributed by atoms with Gasteiger partial charge in [0, 0.05) is 41.7 Å². The number of ether oxygens (including phenoxy) is 2. The molecule has 0 atom stereocenters. The van der Waals surface area contributed by atoms with Crippen molar-refractivity contribution >= 4 is 12.0 Å². The fraction of sp³-hybridized carbons (Fsp3) is 0.152. The summed E-state index contributed by atoms with van der Waals surface area (Å²) in [5.41, 5.74) is 5.93. The van der Waals surface area contributed by atoms with Gasteiger partial charge in [0.1, 0.15) is 23.8 Å². The number of carbonyl (C=O) groups is 1. The lowest BCUT2D eigenvalue weighted by Crippen LogP contribution is -1.99. The molecule has 196 valence electrons. The summed E-state index contributed by atoms with van der Waals surface area (Å²) in [6, 6.07) is 28.0. The summed E-state index contributed by atoms with van der Waals surface area (Å²) in [6.45, 7) is 5.05. The van der Waals surface area contributed by atoms with E-state index in [1.165, 1.54) is 6.08 Å². The van der Waals surface area contributed by atoms with Gasteiger partial charge in [-0.3, -0.25) is 0 Å². The molecule has 2 aromatic heterocycles. The minimum atomic E-state index is -0.350. The molecule has 6 nitrogen and oxygen atoms in total. The molecule has 0 saturated carbocycles. The molecule has 0 N–H and O–H groups in total.